The highest BCUT2D eigenvalue weighted by atomic mass is 19.1. The van der Waals surface area contributed by atoms with Gasteiger partial charge in [0.05, 0.1) is 24.3 Å². The molecule has 3 rings (SSSR count). The molecule has 0 saturated heterocycles. The standard InChI is InChI=1S/C19H24FN5O/c1-3-4-7-10-21-18-14-11-25(16-9-6-5-8-15(16)20)17(26)12-24(2)19(14)23-13-22-18/h5-6,8-9,13H,3-4,7,10-12H2,1-2H3,(H,21,22,23). The summed E-state index contributed by atoms with van der Waals surface area (Å²) in [5.74, 6) is 0.813. The average Bonchev–Trinajstić information content (AvgIpc) is 2.76. The molecule has 6 nitrogen and oxygen atoms in total. The number of halogens is 1. The smallest absolute Gasteiger partial charge is 0.246 e. The van der Waals surface area contributed by atoms with Crippen LogP contribution in [-0.2, 0) is 11.3 Å². The van der Waals surface area contributed by atoms with Crippen LogP contribution in [0.3, 0.4) is 0 Å². The van der Waals surface area contributed by atoms with E-state index in [1.807, 2.05) is 7.05 Å². The Balaban J connectivity index is 1.94. The van der Waals surface area contributed by atoms with Gasteiger partial charge in [-0.05, 0) is 18.6 Å². The zero-order chi connectivity index (χ0) is 18.5. The van der Waals surface area contributed by atoms with Crippen LogP contribution in [0.25, 0.3) is 0 Å². The number of rotatable bonds is 6. The highest BCUT2D eigenvalue weighted by Crippen LogP contribution is 2.31. The lowest BCUT2D eigenvalue weighted by molar-refractivity contribution is -0.117. The zero-order valence-corrected chi connectivity index (χ0v) is 15.2. The maximum Gasteiger partial charge on any atom is 0.246 e. The van der Waals surface area contributed by atoms with E-state index in [2.05, 4.69) is 22.2 Å². The van der Waals surface area contributed by atoms with Gasteiger partial charge in [0.15, 0.2) is 0 Å². The first kappa shape index (κ1) is 18.1. The van der Waals surface area contributed by atoms with Gasteiger partial charge in [-0.15, -0.1) is 0 Å². The summed E-state index contributed by atoms with van der Waals surface area (Å²) in [7, 11) is 1.81. The van der Waals surface area contributed by atoms with Gasteiger partial charge in [0.25, 0.3) is 0 Å². The van der Waals surface area contributed by atoms with Gasteiger partial charge in [-0.3, -0.25) is 4.79 Å². The molecule has 1 N–H and O–H groups in total. The maximum absolute atomic E-state index is 14.3. The lowest BCUT2D eigenvalue weighted by Crippen LogP contribution is -2.36. The zero-order valence-electron chi connectivity index (χ0n) is 15.2. The van der Waals surface area contributed by atoms with E-state index in [1.165, 1.54) is 17.3 Å². The Kier molecular flexibility index (Phi) is 5.65. The molecule has 0 radical (unpaired) electrons. The van der Waals surface area contributed by atoms with Crippen molar-refractivity contribution < 1.29 is 9.18 Å². The van der Waals surface area contributed by atoms with E-state index in [0.29, 0.717) is 11.6 Å². The first-order chi connectivity index (χ1) is 12.6. The number of benzene rings is 1. The molecule has 0 unspecified atom stereocenters. The predicted molar refractivity (Wildman–Crippen MR) is 101 cm³/mol. The third-order valence-electron chi connectivity index (χ3n) is 4.49. The second-order valence-corrected chi connectivity index (χ2v) is 6.45. The monoisotopic (exact) mass is 357 g/mol. The minimum atomic E-state index is -0.416. The molecule has 0 aliphatic carbocycles. The molecule has 2 heterocycles. The van der Waals surface area contributed by atoms with Crippen LogP contribution in [0.5, 0.6) is 0 Å². The number of hydrogen-bond donors (Lipinski definition) is 1. The van der Waals surface area contributed by atoms with Crippen LogP contribution >= 0.6 is 0 Å². The number of likely N-dealkylation sites (N-methyl/N-ethyl adjacent to an activating group) is 1. The predicted octanol–water partition coefficient (Wildman–Crippen LogP) is 3.20. The highest BCUT2D eigenvalue weighted by Gasteiger charge is 2.29. The summed E-state index contributed by atoms with van der Waals surface area (Å²) in [6, 6.07) is 6.33. The van der Waals surface area contributed by atoms with Crippen molar-refractivity contribution in [3.63, 3.8) is 0 Å². The van der Waals surface area contributed by atoms with Crippen LogP contribution in [0.1, 0.15) is 31.7 Å². The number of amides is 1. The van der Waals surface area contributed by atoms with Crippen molar-refractivity contribution in [2.45, 2.75) is 32.7 Å². The number of aromatic nitrogens is 2. The van der Waals surface area contributed by atoms with Crippen molar-refractivity contribution in [1.29, 1.82) is 0 Å². The molecule has 0 bridgehead atoms. The molecule has 2 aromatic rings. The number of unbranched alkanes of at least 4 members (excludes halogenated alkanes) is 2. The normalized spacial score (nSPS) is 14.2. The van der Waals surface area contributed by atoms with E-state index >= 15 is 0 Å². The Morgan fingerprint density at radius 3 is 2.77 bits per heavy atom. The van der Waals surface area contributed by atoms with Crippen molar-refractivity contribution in [2.75, 3.05) is 35.3 Å². The van der Waals surface area contributed by atoms with Crippen LogP contribution in [0.4, 0.5) is 21.7 Å². The van der Waals surface area contributed by atoms with E-state index in [4.69, 9.17) is 0 Å². The maximum atomic E-state index is 14.3. The molecule has 1 aliphatic rings. The van der Waals surface area contributed by atoms with Gasteiger partial charge < -0.3 is 15.1 Å². The number of carbonyl (C=O) groups excluding carboxylic acids is 1. The average molecular weight is 357 g/mol. The quantitative estimate of drug-likeness (QED) is 0.805. The molecular weight excluding hydrogens is 333 g/mol. The van der Waals surface area contributed by atoms with Gasteiger partial charge >= 0.3 is 0 Å². The Labute approximate surface area is 153 Å². The largest absolute Gasteiger partial charge is 0.370 e. The minimum Gasteiger partial charge on any atom is -0.370 e. The third kappa shape index (κ3) is 3.76. The summed E-state index contributed by atoms with van der Waals surface area (Å²) in [6.07, 6.45) is 4.82. The SMILES string of the molecule is CCCCCNc1ncnc2c1CN(c1ccccc1F)C(=O)CN2C. The van der Waals surface area contributed by atoms with E-state index in [1.54, 1.807) is 23.1 Å². The van der Waals surface area contributed by atoms with Gasteiger partial charge in [0.1, 0.15) is 23.8 Å². The van der Waals surface area contributed by atoms with Gasteiger partial charge in [-0.2, -0.15) is 0 Å². The molecule has 1 aromatic heterocycles. The summed E-state index contributed by atoms with van der Waals surface area (Å²) in [5, 5.41) is 3.35. The summed E-state index contributed by atoms with van der Waals surface area (Å²) in [5.41, 5.74) is 1.08. The fourth-order valence-corrected chi connectivity index (χ4v) is 3.11. The Morgan fingerprint density at radius 1 is 1.19 bits per heavy atom. The van der Waals surface area contributed by atoms with Gasteiger partial charge in [-0.25, -0.2) is 14.4 Å². The lowest BCUT2D eigenvalue weighted by atomic mass is 10.2. The van der Waals surface area contributed by atoms with Crippen molar-refractivity contribution in [2.24, 2.45) is 0 Å². The second kappa shape index (κ2) is 8.12. The molecule has 0 spiro atoms. The van der Waals surface area contributed by atoms with E-state index in [0.717, 1.165) is 31.4 Å². The molecule has 0 saturated carbocycles. The summed E-state index contributed by atoms with van der Waals surface area (Å²) >= 11 is 0. The molecule has 0 fully saturated rings. The summed E-state index contributed by atoms with van der Waals surface area (Å²) in [6.45, 7) is 3.32. The van der Waals surface area contributed by atoms with Crippen LogP contribution in [0.15, 0.2) is 30.6 Å². The number of para-hydroxylation sites is 1. The molecular formula is C19H24FN5O. The molecule has 1 amide bonds. The van der Waals surface area contributed by atoms with E-state index < -0.39 is 5.82 Å². The van der Waals surface area contributed by atoms with Crippen molar-refractivity contribution in [1.82, 2.24) is 9.97 Å². The Bertz CT molecular complexity index is 782. The molecule has 1 aromatic carbocycles. The molecule has 26 heavy (non-hydrogen) atoms. The van der Waals surface area contributed by atoms with Gasteiger partial charge in [-0.1, -0.05) is 31.9 Å². The first-order valence-corrected chi connectivity index (χ1v) is 8.95. The molecule has 7 heteroatoms. The number of fused-ring (bicyclic) bond motifs is 1. The fourth-order valence-electron chi connectivity index (χ4n) is 3.11. The van der Waals surface area contributed by atoms with Crippen molar-refractivity contribution in [3.05, 3.63) is 42.0 Å². The second-order valence-electron chi connectivity index (χ2n) is 6.45. The fraction of sp³-hybridized carbons (Fsp3) is 0.421. The van der Waals surface area contributed by atoms with Gasteiger partial charge in [0, 0.05) is 13.6 Å². The summed E-state index contributed by atoms with van der Waals surface area (Å²) in [4.78, 5) is 24.7. The number of hydrogen-bond acceptors (Lipinski definition) is 5. The highest BCUT2D eigenvalue weighted by molar-refractivity contribution is 5.98. The van der Waals surface area contributed by atoms with Crippen LogP contribution in [0, 0.1) is 5.82 Å². The molecule has 138 valence electrons. The van der Waals surface area contributed by atoms with Crippen molar-refractivity contribution in [3.8, 4) is 0 Å². The van der Waals surface area contributed by atoms with Gasteiger partial charge in [0.2, 0.25) is 5.91 Å². The Morgan fingerprint density at radius 2 is 2.00 bits per heavy atom. The van der Waals surface area contributed by atoms with E-state index in [-0.39, 0.29) is 24.7 Å². The van der Waals surface area contributed by atoms with Crippen LogP contribution in [0.2, 0.25) is 0 Å². The van der Waals surface area contributed by atoms with Crippen LogP contribution < -0.4 is 15.1 Å². The minimum absolute atomic E-state index is 0.133. The first-order valence-electron chi connectivity index (χ1n) is 8.95. The van der Waals surface area contributed by atoms with E-state index in [9.17, 15) is 9.18 Å². The molecule has 0 atom stereocenters. The van der Waals surface area contributed by atoms with Crippen LogP contribution in [-0.4, -0.2) is 36.0 Å². The number of nitrogens with one attached hydrogen (secondary N) is 1. The number of nitrogens with zero attached hydrogens (tertiary/aromatic N) is 4. The van der Waals surface area contributed by atoms with Crippen molar-refractivity contribution >= 4 is 23.2 Å². The number of anilines is 3. The topological polar surface area (TPSA) is 61.4 Å². The Hall–Kier alpha value is -2.70. The number of carbonyl (C=O) groups is 1. The lowest BCUT2D eigenvalue weighted by Gasteiger charge is -2.22. The molecule has 1 aliphatic heterocycles. The summed E-state index contributed by atoms with van der Waals surface area (Å²) < 4.78 is 14.3. The third-order valence-corrected chi connectivity index (χ3v) is 4.49.